The zero-order chi connectivity index (χ0) is 9.26. The zero-order valence-electron chi connectivity index (χ0n) is 8.50. The fourth-order valence-corrected chi connectivity index (χ4v) is 1.52. The number of rotatable bonds is 1. The first-order chi connectivity index (χ1) is 6.27. The predicted molar refractivity (Wildman–Crippen MR) is 57.0 cm³/mol. The Bertz CT molecular complexity index is 273. The van der Waals surface area contributed by atoms with Crippen LogP contribution < -0.4 is 5.32 Å². The Balaban J connectivity index is 0.000000980. The van der Waals surface area contributed by atoms with Gasteiger partial charge in [-0.3, -0.25) is 0 Å². The number of hydrogen-bond donors (Lipinski definition) is 1. The molecule has 3 nitrogen and oxygen atoms in total. The molecule has 2 rings (SSSR count). The van der Waals surface area contributed by atoms with E-state index in [1.807, 2.05) is 6.92 Å². The first-order valence-electron chi connectivity index (χ1n) is 4.65. The minimum absolute atomic E-state index is 0. The van der Waals surface area contributed by atoms with Crippen molar-refractivity contribution >= 4 is 12.4 Å². The predicted octanol–water partition coefficient (Wildman–Crippen LogP) is 1.98. The summed E-state index contributed by atoms with van der Waals surface area (Å²) in [5.74, 6) is 2.00. The largest absolute Gasteiger partial charge is 0.464 e. The van der Waals surface area contributed by atoms with E-state index in [0.717, 1.165) is 24.7 Å². The van der Waals surface area contributed by atoms with Gasteiger partial charge < -0.3 is 14.5 Å². The van der Waals surface area contributed by atoms with E-state index >= 15 is 0 Å². The molecule has 0 aromatic carbocycles. The quantitative estimate of drug-likeness (QED) is 0.781. The van der Waals surface area contributed by atoms with Crippen LogP contribution in [-0.4, -0.2) is 19.8 Å². The molecular weight excluding hydrogens is 202 g/mol. The van der Waals surface area contributed by atoms with Crippen molar-refractivity contribution in [2.24, 2.45) is 0 Å². The number of halogens is 1. The Morgan fingerprint density at radius 2 is 2.21 bits per heavy atom. The molecule has 1 aliphatic heterocycles. The molecule has 80 valence electrons. The first-order valence-corrected chi connectivity index (χ1v) is 4.65. The highest BCUT2D eigenvalue weighted by Gasteiger charge is 2.18. The topological polar surface area (TPSA) is 34.4 Å². The summed E-state index contributed by atoms with van der Waals surface area (Å²) in [4.78, 5) is 0. The lowest BCUT2D eigenvalue weighted by Crippen LogP contribution is -2.34. The van der Waals surface area contributed by atoms with E-state index in [1.165, 1.54) is 5.56 Å². The summed E-state index contributed by atoms with van der Waals surface area (Å²) in [6, 6.07) is 2.32. The summed E-state index contributed by atoms with van der Waals surface area (Å²) < 4.78 is 11.0. The van der Waals surface area contributed by atoms with Crippen LogP contribution in [0.2, 0.25) is 0 Å². The highest BCUT2D eigenvalue weighted by atomic mass is 35.5. The molecule has 1 saturated heterocycles. The van der Waals surface area contributed by atoms with Gasteiger partial charge in [-0.2, -0.15) is 0 Å². The molecule has 1 atom stereocenters. The third-order valence-electron chi connectivity index (χ3n) is 2.45. The number of hydrogen-bond acceptors (Lipinski definition) is 3. The second kappa shape index (κ2) is 4.82. The van der Waals surface area contributed by atoms with Crippen LogP contribution in [0.1, 0.15) is 23.1 Å². The molecule has 0 bridgehead atoms. The summed E-state index contributed by atoms with van der Waals surface area (Å²) in [6.07, 6.45) is 0. The van der Waals surface area contributed by atoms with Crippen LogP contribution in [0.3, 0.4) is 0 Å². The van der Waals surface area contributed by atoms with Gasteiger partial charge in [0, 0.05) is 6.54 Å². The molecule has 2 heterocycles. The van der Waals surface area contributed by atoms with E-state index in [9.17, 15) is 0 Å². The molecule has 0 amide bonds. The van der Waals surface area contributed by atoms with Crippen molar-refractivity contribution in [3.63, 3.8) is 0 Å². The van der Waals surface area contributed by atoms with Gasteiger partial charge in [0.1, 0.15) is 11.5 Å². The molecule has 0 aliphatic carbocycles. The van der Waals surface area contributed by atoms with Gasteiger partial charge in [0.2, 0.25) is 0 Å². The molecule has 1 aromatic heterocycles. The highest BCUT2D eigenvalue weighted by Crippen LogP contribution is 2.21. The van der Waals surface area contributed by atoms with Crippen LogP contribution in [-0.2, 0) is 4.74 Å². The molecule has 4 heteroatoms. The summed E-state index contributed by atoms with van der Waals surface area (Å²) in [7, 11) is 0. The van der Waals surface area contributed by atoms with Gasteiger partial charge in [0.05, 0.1) is 19.3 Å². The van der Waals surface area contributed by atoms with Crippen molar-refractivity contribution in [1.82, 2.24) is 5.32 Å². The maximum atomic E-state index is 5.61. The van der Waals surface area contributed by atoms with Gasteiger partial charge in [-0.15, -0.1) is 12.4 Å². The third kappa shape index (κ3) is 2.29. The summed E-state index contributed by atoms with van der Waals surface area (Å²) in [5, 5.41) is 3.36. The smallest absolute Gasteiger partial charge is 0.123 e. The number of aryl methyl sites for hydroxylation is 2. The second-order valence-corrected chi connectivity index (χ2v) is 3.47. The molecule has 1 fully saturated rings. The monoisotopic (exact) mass is 217 g/mol. The number of furan rings is 1. The maximum Gasteiger partial charge on any atom is 0.123 e. The lowest BCUT2D eigenvalue weighted by molar-refractivity contribution is 0.0696. The number of nitrogens with one attached hydrogen (secondary N) is 1. The standard InChI is InChI=1S/C10H15NO2.ClH/c1-7-5-10(13-8(7)2)9-6-12-4-3-11-9;/h5,9,11H,3-4,6H2,1-2H3;1H/t9-;/m1./s1. The molecule has 0 unspecified atom stereocenters. The van der Waals surface area contributed by atoms with Gasteiger partial charge in [0.25, 0.3) is 0 Å². The minimum Gasteiger partial charge on any atom is -0.464 e. The van der Waals surface area contributed by atoms with Gasteiger partial charge >= 0.3 is 0 Å². The fourth-order valence-electron chi connectivity index (χ4n) is 1.52. The van der Waals surface area contributed by atoms with Crippen molar-refractivity contribution in [2.75, 3.05) is 19.8 Å². The summed E-state index contributed by atoms with van der Waals surface area (Å²) in [6.45, 7) is 6.47. The van der Waals surface area contributed by atoms with Crippen molar-refractivity contribution in [1.29, 1.82) is 0 Å². The van der Waals surface area contributed by atoms with Gasteiger partial charge in [-0.25, -0.2) is 0 Å². The Kier molecular flexibility index (Phi) is 3.98. The molecule has 0 radical (unpaired) electrons. The van der Waals surface area contributed by atoms with Crippen LogP contribution >= 0.6 is 12.4 Å². The van der Waals surface area contributed by atoms with Gasteiger partial charge in [-0.05, 0) is 25.5 Å². The minimum atomic E-state index is 0. The van der Waals surface area contributed by atoms with Crippen molar-refractivity contribution in [2.45, 2.75) is 19.9 Å². The molecule has 14 heavy (non-hydrogen) atoms. The maximum absolute atomic E-state index is 5.61. The summed E-state index contributed by atoms with van der Waals surface area (Å²) >= 11 is 0. The van der Waals surface area contributed by atoms with E-state index in [0.29, 0.717) is 6.61 Å². The van der Waals surface area contributed by atoms with Crippen LogP contribution in [0, 0.1) is 13.8 Å². The Labute approximate surface area is 90.2 Å². The zero-order valence-corrected chi connectivity index (χ0v) is 9.32. The molecule has 0 spiro atoms. The van der Waals surface area contributed by atoms with Crippen LogP contribution in [0.4, 0.5) is 0 Å². The lowest BCUT2D eigenvalue weighted by atomic mass is 10.2. The normalized spacial score (nSPS) is 21.7. The van der Waals surface area contributed by atoms with Gasteiger partial charge in [0.15, 0.2) is 0 Å². The number of ether oxygens (including phenoxy) is 1. The lowest BCUT2D eigenvalue weighted by Gasteiger charge is -2.21. The first kappa shape index (κ1) is 11.6. The highest BCUT2D eigenvalue weighted by molar-refractivity contribution is 5.85. The van der Waals surface area contributed by atoms with E-state index in [1.54, 1.807) is 0 Å². The van der Waals surface area contributed by atoms with E-state index in [4.69, 9.17) is 9.15 Å². The van der Waals surface area contributed by atoms with Crippen LogP contribution in [0.5, 0.6) is 0 Å². The van der Waals surface area contributed by atoms with Crippen LogP contribution in [0.25, 0.3) is 0 Å². The molecular formula is C10H16ClNO2. The van der Waals surface area contributed by atoms with Crippen LogP contribution in [0.15, 0.2) is 10.5 Å². The Morgan fingerprint density at radius 3 is 2.71 bits per heavy atom. The molecule has 1 N–H and O–H groups in total. The Morgan fingerprint density at radius 1 is 1.43 bits per heavy atom. The SMILES string of the molecule is Cc1cc([C@H]2COCCN2)oc1C.Cl. The fraction of sp³-hybridized carbons (Fsp3) is 0.600. The van der Waals surface area contributed by atoms with Crippen molar-refractivity contribution in [3.8, 4) is 0 Å². The molecule has 1 aromatic rings. The average molecular weight is 218 g/mol. The second-order valence-electron chi connectivity index (χ2n) is 3.47. The molecule has 0 saturated carbocycles. The Hall–Kier alpha value is -0.510. The number of morpholine rings is 1. The summed E-state index contributed by atoms with van der Waals surface area (Å²) in [5.41, 5.74) is 1.21. The van der Waals surface area contributed by atoms with E-state index in [2.05, 4.69) is 18.3 Å². The van der Waals surface area contributed by atoms with E-state index in [-0.39, 0.29) is 18.4 Å². The van der Waals surface area contributed by atoms with Crippen molar-refractivity contribution < 1.29 is 9.15 Å². The van der Waals surface area contributed by atoms with Crippen molar-refractivity contribution in [3.05, 3.63) is 23.2 Å². The molecule has 1 aliphatic rings. The van der Waals surface area contributed by atoms with Gasteiger partial charge in [-0.1, -0.05) is 0 Å². The van der Waals surface area contributed by atoms with E-state index < -0.39 is 0 Å². The third-order valence-corrected chi connectivity index (χ3v) is 2.45. The average Bonchev–Trinajstić information content (AvgIpc) is 2.49.